The fraction of sp³-hybridized carbons (Fsp3) is 0.387. The van der Waals surface area contributed by atoms with Crippen LogP contribution in [0.4, 0.5) is 5.69 Å². The van der Waals surface area contributed by atoms with Gasteiger partial charge >= 0.3 is 0 Å². The molecule has 3 heterocycles. The molecular formula is C31H38ClN7O2. The van der Waals surface area contributed by atoms with E-state index in [2.05, 4.69) is 49.8 Å². The second-order valence-corrected chi connectivity index (χ2v) is 12.0. The smallest absolute Gasteiger partial charge is 0.258 e. The van der Waals surface area contributed by atoms with Gasteiger partial charge in [0.25, 0.3) is 5.91 Å². The van der Waals surface area contributed by atoms with Gasteiger partial charge in [0, 0.05) is 43.3 Å². The molecular weight excluding hydrogens is 538 g/mol. The van der Waals surface area contributed by atoms with Crippen molar-refractivity contribution in [3.63, 3.8) is 0 Å². The molecule has 1 saturated heterocycles. The number of amides is 1. The van der Waals surface area contributed by atoms with Gasteiger partial charge in [0.2, 0.25) is 0 Å². The van der Waals surface area contributed by atoms with Gasteiger partial charge in [-0.3, -0.25) is 9.69 Å². The number of pyridine rings is 1. The average Bonchev–Trinajstić information content (AvgIpc) is 3.56. The van der Waals surface area contributed by atoms with Crippen molar-refractivity contribution in [3.8, 4) is 17.1 Å². The molecule has 41 heavy (non-hydrogen) atoms. The van der Waals surface area contributed by atoms with Crippen molar-refractivity contribution in [1.29, 1.82) is 0 Å². The van der Waals surface area contributed by atoms with Gasteiger partial charge in [0.05, 0.1) is 16.9 Å². The lowest BCUT2D eigenvalue weighted by Crippen LogP contribution is -2.51. The third-order valence-electron chi connectivity index (χ3n) is 7.02. The molecule has 1 fully saturated rings. The monoisotopic (exact) mass is 575 g/mol. The van der Waals surface area contributed by atoms with Gasteiger partial charge in [0.1, 0.15) is 17.1 Å². The molecule has 3 N–H and O–H groups in total. The second kappa shape index (κ2) is 12.5. The van der Waals surface area contributed by atoms with Crippen molar-refractivity contribution in [2.75, 3.05) is 45.7 Å². The summed E-state index contributed by atoms with van der Waals surface area (Å²) in [4.78, 5) is 29.5. The molecule has 0 radical (unpaired) electrons. The van der Waals surface area contributed by atoms with Crippen LogP contribution in [-0.4, -0.2) is 82.6 Å². The van der Waals surface area contributed by atoms with Crippen LogP contribution >= 0.6 is 11.6 Å². The minimum atomic E-state index is -0.348. The van der Waals surface area contributed by atoms with Gasteiger partial charge in [-0.25, -0.2) is 9.97 Å². The van der Waals surface area contributed by atoms with Crippen LogP contribution in [-0.2, 0) is 11.3 Å². The maximum absolute atomic E-state index is 12.4. The molecule has 0 saturated carbocycles. The lowest BCUT2D eigenvalue weighted by Gasteiger charge is -2.29. The van der Waals surface area contributed by atoms with Gasteiger partial charge in [-0.1, -0.05) is 41.9 Å². The summed E-state index contributed by atoms with van der Waals surface area (Å²) in [5, 5.41) is 7.20. The summed E-state index contributed by atoms with van der Waals surface area (Å²) < 4.78 is 5.72. The number of ether oxygens (including phenoxy) is 1. The number of hydrogen-bond donors (Lipinski definition) is 3. The molecule has 5 rings (SSSR count). The van der Waals surface area contributed by atoms with Crippen LogP contribution in [0.15, 0.2) is 60.8 Å². The van der Waals surface area contributed by atoms with Crippen LogP contribution in [0, 0.1) is 0 Å². The van der Waals surface area contributed by atoms with Crippen LogP contribution in [0.5, 0.6) is 5.75 Å². The van der Waals surface area contributed by atoms with Crippen molar-refractivity contribution >= 4 is 34.4 Å². The van der Waals surface area contributed by atoms with E-state index in [9.17, 15) is 4.79 Å². The predicted octanol–water partition coefficient (Wildman–Crippen LogP) is 4.80. The largest absolute Gasteiger partial charge is 0.484 e. The summed E-state index contributed by atoms with van der Waals surface area (Å²) in [5.41, 5.74) is 4.03. The van der Waals surface area contributed by atoms with E-state index in [1.54, 1.807) is 6.20 Å². The Morgan fingerprint density at radius 3 is 2.66 bits per heavy atom. The van der Waals surface area contributed by atoms with Gasteiger partial charge in [-0.2, -0.15) is 0 Å². The fourth-order valence-electron chi connectivity index (χ4n) is 5.45. The quantitative estimate of drug-likeness (QED) is 0.236. The Labute approximate surface area is 246 Å². The number of aromatic nitrogens is 3. The normalized spacial score (nSPS) is 15.9. The summed E-state index contributed by atoms with van der Waals surface area (Å²) >= 11 is 6.60. The average molecular weight is 576 g/mol. The van der Waals surface area contributed by atoms with E-state index in [1.807, 2.05) is 63.2 Å². The Morgan fingerprint density at radius 1 is 1.17 bits per heavy atom. The van der Waals surface area contributed by atoms with Crippen molar-refractivity contribution in [2.24, 2.45) is 0 Å². The third kappa shape index (κ3) is 7.55. The number of imidazole rings is 1. The van der Waals surface area contributed by atoms with E-state index in [-0.39, 0.29) is 24.1 Å². The highest BCUT2D eigenvalue weighted by Gasteiger charge is 2.25. The molecule has 2 aromatic carbocycles. The first-order valence-electron chi connectivity index (χ1n) is 13.9. The first-order valence-corrected chi connectivity index (χ1v) is 14.3. The number of benzene rings is 2. The third-order valence-corrected chi connectivity index (χ3v) is 7.31. The van der Waals surface area contributed by atoms with Crippen molar-refractivity contribution in [3.05, 3.63) is 71.4 Å². The Hall–Kier alpha value is -3.66. The predicted molar refractivity (Wildman–Crippen MR) is 164 cm³/mol. The number of fused-ring (bicyclic) bond motifs is 1. The molecule has 0 unspecified atom stereocenters. The highest BCUT2D eigenvalue weighted by Crippen LogP contribution is 2.32. The number of halogens is 1. The maximum atomic E-state index is 12.4. The number of likely N-dealkylation sites (tertiary alicyclic amines) is 1. The molecule has 0 bridgehead atoms. The van der Waals surface area contributed by atoms with Gasteiger partial charge in [-0.05, 0) is 64.2 Å². The second-order valence-electron chi connectivity index (χ2n) is 11.6. The number of H-pyrrole nitrogens is 1. The van der Waals surface area contributed by atoms with Crippen LogP contribution in [0.2, 0.25) is 5.02 Å². The molecule has 9 nitrogen and oxygen atoms in total. The minimum Gasteiger partial charge on any atom is -0.484 e. The highest BCUT2D eigenvalue weighted by atomic mass is 35.5. The Bertz CT molecular complexity index is 1470. The van der Waals surface area contributed by atoms with Crippen molar-refractivity contribution in [2.45, 2.75) is 38.4 Å². The Balaban J connectivity index is 1.22. The summed E-state index contributed by atoms with van der Waals surface area (Å²) in [6, 6.07) is 18.3. The summed E-state index contributed by atoms with van der Waals surface area (Å²) in [7, 11) is 3.96. The molecule has 0 aliphatic carbocycles. The Morgan fingerprint density at radius 2 is 1.93 bits per heavy atom. The fourth-order valence-corrected chi connectivity index (χ4v) is 5.64. The molecule has 1 amide bonds. The first-order chi connectivity index (χ1) is 19.6. The summed E-state index contributed by atoms with van der Waals surface area (Å²) in [6.07, 6.45) is 2.68. The van der Waals surface area contributed by atoms with Crippen LogP contribution in [0.25, 0.3) is 22.6 Å². The Kier molecular flexibility index (Phi) is 8.77. The van der Waals surface area contributed by atoms with E-state index in [0.29, 0.717) is 27.8 Å². The lowest BCUT2D eigenvalue weighted by atomic mass is 10.1. The van der Waals surface area contributed by atoms with E-state index in [1.165, 1.54) is 5.56 Å². The molecule has 1 aliphatic heterocycles. The van der Waals surface area contributed by atoms with E-state index in [4.69, 9.17) is 21.3 Å². The lowest BCUT2D eigenvalue weighted by molar-refractivity contribution is -0.124. The SMILES string of the molecule is CN(C)CC(C)(C)NC(=O)COc1ccc(-c2nc3c(N[C@H]4CCN(Cc5ccccc5)C4)c(Cl)cnc3[nH]2)cc1. The van der Waals surface area contributed by atoms with Crippen molar-refractivity contribution < 1.29 is 9.53 Å². The highest BCUT2D eigenvalue weighted by molar-refractivity contribution is 6.34. The van der Waals surface area contributed by atoms with E-state index < -0.39 is 0 Å². The van der Waals surface area contributed by atoms with E-state index in [0.717, 1.165) is 43.9 Å². The van der Waals surface area contributed by atoms with Gasteiger partial charge in [-0.15, -0.1) is 0 Å². The molecule has 10 heteroatoms. The molecule has 2 aromatic heterocycles. The zero-order chi connectivity index (χ0) is 29.0. The first kappa shape index (κ1) is 28.9. The maximum Gasteiger partial charge on any atom is 0.258 e. The van der Waals surface area contributed by atoms with Crippen LogP contribution in [0.3, 0.4) is 0 Å². The number of aromatic amines is 1. The number of nitrogens with zero attached hydrogens (tertiary/aromatic N) is 4. The van der Waals surface area contributed by atoms with Crippen LogP contribution < -0.4 is 15.4 Å². The molecule has 1 atom stereocenters. The van der Waals surface area contributed by atoms with Crippen molar-refractivity contribution in [1.82, 2.24) is 30.1 Å². The molecule has 1 aliphatic rings. The number of anilines is 1. The number of carbonyl (C=O) groups excluding carboxylic acids is 1. The van der Waals surface area contributed by atoms with E-state index >= 15 is 0 Å². The molecule has 4 aromatic rings. The molecule has 0 spiro atoms. The number of likely N-dealkylation sites (N-methyl/N-ethyl adjacent to an activating group) is 1. The topological polar surface area (TPSA) is 98.4 Å². The van der Waals surface area contributed by atoms with Gasteiger partial charge in [0.15, 0.2) is 12.3 Å². The number of nitrogens with one attached hydrogen (secondary N) is 3. The molecule has 216 valence electrons. The standard InChI is InChI=1S/C31H38ClN7O2/c1-31(2,20-38(3)4)37-26(40)19-41-24-12-10-22(11-13-24)29-35-28-27(25(32)16-33-30(28)36-29)34-23-14-15-39(18-23)17-21-8-6-5-7-9-21/h5-13,16,23H,14-15,17-20H2,1-4H3,(H,37,40)(H2,33,34,35,36)/t23-/m0/s1. The number of rotatable bonds is 11. The van der Waals surface area contributed by atoms with Gasteiger partial charge < -0.3 is 25.3 Å². The van der Waals surface area contributed by atoms with Crippen LogP contribution in [0.1, 0.15) is 25.8 Å². The number of carbonyl (C=O) groups is 1. The minimum absolute atomic E-state index is 0.0533. The number of hydrogen-bond acceptors (Lipinski definition) is 7. The zero-order valence-electron chi connectivity index (χ0n) is 24.1. The summed E-state index contributed by atoms with van der Waals surface area (Å²) in [6.45, 7) is 7.55. The summed E-state index contributed by atoms with van der Waals surface area (Å²) in [5.74, 6) is 1.13. The zero-order valence-corrected chi connectivity index (χ0v) is 24.8.